The van der Waals surface area contributed by atoms with E-state index in [2.05, 4.69) is 17.6 Å². The second-order valence-electron chi connectivity index (χ2n) is 6.19. The molecule has 2 atom stereocenters. The molecule has 0 radical (unpaired) electrons. The number of hydrogen-bond donors (Lipinski definition) is 2. The third-order valence-electron chi connectivity index (χ3n) is 4.22. The first kappa shape index (κ1) is 15.3. The summed E-state index contributed by atoms with van der Waals surface area (Å²) in [6, 6.07) is 7.79. The molecule has 1 fully saturated rings. The van der Waals surface area contributed by atoms with Crippen molar-refractivity contribution in [3.05, 3.63) is 34.9 Å². The maximum atomic E-state index is 12.6. The Labute approximate surface area is 126 Å². The maximum Gasteiger partial charge on any atom is 0.230 e. The van der Waals surface area contributed by atoms with Crippen LogP contribution in [0.1, 0.15) is 32.8 Å². The molecule has 20 heavy (non-hydrogen) atoms. The average Bonchev–Trinajstić information content (AvgIpc) is 2.41. The van der Waals surface area contributed by atoms with E-state index in [1.807, 2.05) is 38.1 Å². The lowest BCUT2D eigenvalue weighted by Gasteiger charge is -2.33. The number of hydrogen-bond acceptors (Lipinski definition) is 2. The van der Waals surface area contributed by atoms with Crippen LogP contribution >= 0.6 is 11.6 Å². The molecule has 1 aromatic rings. The van der Waals surface area contributed by atoms with Crippen LogP contribution in [0, 0.1) is 5.92 Å². The van der Waals surface area contributed by atoms with Crippen LogP contribution in [0.2, 0.25) is 5.02 Å². The monoisotopic (exact) mass is 294 g/mol. The van der Waals surface area contributed by atoms with E-state index in [0.29, 0.717) is 10.9 Å². The number of carbonyl (C=O) groups is 1. The molecule has 1 amide bonds. The molecule has 0 aromatic heterocycles. The van der Waals surface area contributed by atoms with E-state index < -0.39 is 5.41 Å². The summed E-state index contributed by atoms with van der Waals surface area (Å²) in [4.78, 5) is 12.6. The first-order valence-corrected chi connectivity index (χ1v) is 7.57. The predicted octanol–water partition coefficient (Wildman–Crippen LogP) is 2.73. The fourth-order valence-corrected chi connectivity index (χ4v) is 2.78. The second kappa shape index (κ2) is 6.15. The van der Waals surface area contributed by atoms with E-state index in [0.717, 1.165) is 25.1 Å². The van der Waals surface area contributed by atoms with Gasteiger partial charge in [-0.15, -0.1) is 0 Å². The summed E-state index contributed by atoms with van der Waals surface area (Å²) in [5, 5.41) is 7.22. The van der Waals surface area contributed by atoms with Gasteiger partial charge in [0, 0.05) is 11.1 Å². The van der Waals surface area contributed by atoms with Gasteiger partial charge in [-0.1, -0.05) is 30.7 Å². The molecule has 2 N–H and O–H groups in total. The zero-order valence-electron chi connectivity index (χ0n) is 12.4. The van der Waals surface area contributed by atoms with Crippen LogP contribution in [0.15, 0.2) is 24.3 Å². The lowest BCUT2D eigenvalue weighted by Crippen LogP contribution is -2.52. The van der Waals surface area contributed by atoms with E-state index in [1.54, 1.807) is 0 Å². The van der Waals surface area contributed by atoms with E-state index in [4.69, 9.17) is 11.6 Å². The van der Waals surface area contributed by atoms with Crippen LogP contribution in [0.25, 0.3) is 0 Å². The number of nitrogens with one attached hydrogen (secondary N) is 2. The first-order valence-electron chi connectivity index (χ1n) is 7.19. The third kappa shape index (κ3) is 3.33. The van der Waals surface area contributed by atoms with Crippen molar-refractivity contribution in [3.63, 3.8) is 0 Å². The van der Waals surface area contributed by atoms with Crippen LogP contribution in [0.4, 0.5) is 0 Å². The van der Waals surface area contributed by atoms with Crippen LogP contribution in [0.5, 0.6) is 0 Å². The highest BCUT2D eigenvalue weighted by atomic mass is 35.5. The Morgan fingerprint density at radius 1 is 1.45 bits per heavy atom. The molecule has 3 nitrogen and oxygen atoms in total. The molecule has 4 heteroatoms. The maximum absolute atomic E-state index is 12.6. The molecule has 1 aromatic carbocycles. The molecule has 2 rings (SSSR count). The zero-order valence-corrected chi connectivity index (χ0v) is 13.1. The van der Waals surface area contributed by atoms with Gasteiger partial charge < -0.3 is 10.6 Å². The average molecular weight is 295 g/mol. The van der Waals surface area contributed by atoms with Crippen molar-refractivity contribution in [1.29, 1.82) is 0 Å². The van der Waals surface area contributed by atoms with Gasteiger partial charge in [0.05, 0.1) is 5.41 Å². The Morgan fingerprint density at radius 3 is 2.85 bits per heavy atom. The lowest BCUT2D eigenvalue weighted by molar-refractivity contribution is -0.126. The fraction of sp³-hybridized carbons (Fsp3) is 0.562. The van der Waals surface area contributed by atoms with Gasteiger partial charge in [0.1, 0.15) is 0 Å². The number of rotatable bonds is 3. The summed E-state index contributed by atoms with van der Waals surface area (Å²) in [5.74, 6) is 0.529. The lowest BCUT2D eigenvalue weighted by atomic mass is 9.82. The van der Waals surface area contributed by atoms with Gasteiger partial charge in [0.2, 0.25) is 5.91 Å². The minimum absolute atomic E-state index is 0.0681. The van der Waals surface area contributed by atoms with E-state index in [-0.39, 0.29) is 11.9 Å². The van der Waals surface area contributed by atoms with Gasteiger partial charge in [-0.2, -0.15) is 0 Å². The largest absolute Gasteiger partial charge is 0.352 e. The highest BCUT2D eigenvalue weighted by molar-refractivity contribution is 6.30. The second-order valence-corrected chi connectivity index (χ2v) is 6.62. The van der Waals surface area contributed by atoms with Gasteiger partial charge in [-0.25, -0.2) is 0 Å². The number of benzene rings is 1. The van der Waals surface area contributed by atoms with Crippen molar-refractivity contribution >= 4 is 17.5 Å². The number of piperidine rings is 1. The van der Waals surface area contributed by atoms with Crippen LogP contribution in [-0.2, 0) is 10.2 Å². The minimum Gasteiger partial charge on any atom is -0.352 e. The number of amides is 1. The highest BCUT2D eigenvalue weighted by Gasteiger charge is 2.33. The van der Waals surface area contributed by atoms with E-state index in [9.17, 15) is 4.79 Å². The van der Waals surface area contributed by atoms with Gasteiger partial charge in [0.25, 0.3) is 0 Å². The summed E-state index contributed by atoms with van der Waals surface area (Å²) < 4.78 is 0. The topological polar surface area (TPSA) is 41.1 Å². The molecule has 0 spiro atoms. The standard InChI is InChI=1S/C16H23ClN2O/c1-11-10-18-8-7-14(11)19-15(20)16(2,3)12-5-4-6-13(17)9-12/h4-6,9,11,14,18H,7-8,10H2,1-3H3,(H,19,20). The third-order valence-corrected chi connectivity index (χ3v) is 4.45. The SMILES string of the molecule is CC1CNCCC1NC(=O)C(C)(C)c1cccc(Cl)c1. The Hall–Kier alpha value is -1.06. The Kier molecular flexibility index (Phi) is 4.71. The quantitative estimate of drug-likeness (QED) is 0.900. The Morgan fingerprint density at radius 2 is 2.20 bits per heavy atom. The number of carbonyl (C=O) groups excluding carboxylic acids is 1. The smallest absolute Gasteiger partial charge is 0.230 e. The molecule has 0 bridgehead atoms. The van der Waals surface area contributed by atoms with Crippen LogP contribution in [0.3, 0.4) is 0 Å². The van der Waals surface area contributed by atoms with Crippen molar-refractivity contribution in [2.75, 3.05) is 13.1 Å². The molecule has 1 aliphatic rings. The first-order chi connectivity index (χ1) is 9.41. The minimum atomic E-state index is -0.574. The molecule has 1 saturated heterocycles. The van der Waals surface area contributed by atoms with Crippen molar-refractivity contribution in [3.8, 4) is 0 Å². The summed E-state index contributed by atoms with van der Waals surface area (Å²) in [7, 11) is 0. The highest BCUT2D eigenvalue weighted by Crippen LogP contribution is 2.26. The van der Waals surface area contributed by atoms with Gasteiger partial charge in [0.15, 0.2) is 0 Å². The van der Waals surface area contributed by atoms with Crippen LogP contribution < -0.4 is 10.6 Å². The van der Waals surface area contributed by atoms with E-state index in [1.165, 1.54) is 0 Å². The fourth-order valence-electron chi connectivity index (χ4n) is 2.59. The molecule has 110 valence electrons. The van der Waals surface area contributed by atoms with Crippen molar-refractivity contribution in [2.45, 2.75) is 38.6 Å². The molecular formula is C16H23ClN2O. The molecule has 0 saturated carbocycles. The summed E-state index contributed by atoms with van der Waals surface area (Å²) in [5.41, 5.74) is 0.374. The molecule has 0 aliphatic carbocycles. The van der Waals surface area contributed by atoms with Crippen molar-refractivity contribution in [2.24, 2.45) is 5.92 Å². The van der Waals surface area contributed by atoms with Crippen LogP contribution in [-0.4, -0.2) is 25.0 Å². The van der Waals surface area contributed by atoms with Crippen molar-refractivity contribution < 1.29 is 4.79 Å². The number of halogens is 1. The van der Waals surface area contributed by atoms with Gasteiger partial charge in [-0.3, -0.25) is 4.79 Å². The molecular weight excluding hydrogens is 272 g/mol. The Bertz CT molecular complexity index is 487. The molecule has 2 unspecified atom stereocenters. The zero-order chi connectivity index (χ0) is 14.8. The summed E-state index contributed by atoms with van der Waals surface area (Å²) >= 11 is 6.03. The Balaban J connectivity index is 2.10. The molecule has 1 aliphatic heterocycles. The van der Waals surface area contributed by atoms with Gasteiger partial charge >= 0.3 is 0 Å². The predicted molar refractivity (Wildman–Crippen MR) is 83.1 cm³/mol. The van der Waals surface area contributed by atoms with Gasteiger partial charge in [-0.05, 0) is 57.0 Å². The van der Waals surface area contributed by atoms with E-state index >= 15 is 0 Å². The summed E-state index contributed by atoms with van der Waals surface area (Å²) in [6.07, 6.45) is 0.985. The molecule has 1 heterocycles. The normalized spacial score (nSPS) is 23.4. The van der Waals surface area contributed by atoms with Crippen molar-refractivity contribution in [1.82, 2.24) is 10.6 Å². The summed E-state index contributed by atoms with van der Waals surface area (Å²) in [6.45, 7) is 7.98.